The van der Waals surface area contributed by atoms with Gasteiger partial charge in [-0.05, 0) is 17.2 Å². The zero-order valence-corrected chi connectivity index (χ0v) is 5.56. The van der Waals surface area contributed by atoms with Crippen LogP contribution in [0.2, 0.25) is 0 Å². The lowest BCUT2D eigenvalue weighted by molar-refractivity contribution is 0.561. The number of rotatable bonds is 2. The van der Waals surface area contributed by atoms with E-state index < -0.39 is 0 Å². The lowest BCUT2D eigenvalue weighted by atomic mass is 10.2. The van der Waals surface area contributed by atoms with Gasteiger partial charge in [-0.3, -0.25) is 0 Å². The summed E-state index contributed by atoms with van der Waals surface area (Å²) in [5, 5.41) is 3.49. The van der Waals surface area contributed by atoms with E-state index >= 15 is 0 Å². The summed E-state index contributed by atoms with van der Waals surface area (Å²) in [5.74, 6) is 0. The molecule has 0 unspecified atom stereocenters. The van der Waals surface area contributed by atoms with Crippen molar-refractivity contribution in [3.05, 3.63) is 34.6 Å². The average Bonchev–Trinajstić information content (AvgIpc) is 2.38. The molecule has 1 rings (SSSR count). The van der Waals surface area contributed by atoms with Gasteiger partial charge in [0.15, 0.2) is 0 Å². The van der Waals surface area contributed by atoms with Crippen molar-refractivity contribution in [2.75, 3.05) is 0 Å². The Kier molecular flexibility index (Phi) is 1.97. The molecule has 0 aliphatic heterocycles. The Hall–Kier alpha value is -1.41. The molecule has 10 heavy (non-hydrogen) atoms. The summed E-state index contributed by atoms with van der Waals surface area (Å²) in [6.07, 6.45) is 3.12. The SMILES string of the molecule is C[C@@H](N=[N+]=[N-])c1ccoc1. The highest BCUT2D eigenvalue weighted by Crippen LogP contribution is 2.15. The highest BCUT2D eigenvalue weighted by atomic mass is 16.3. The zero-order chi connectivity index (χ0) is 7.40. The van der Waals surface area contributed by atoms with Gasteiger partial charge in [0, 0.05) is 4.91 Å². The molecule has 0 aromatic carbocycles. The second kappa shape index (κ2) is 2.94. The molecule has 0 aliphatic rings. The van der Waals surface area contributed by atoms with Gasteiger partial charge in [-0.1, -0.05) is 12.0 Å². The normalized spacial score (nSPS) is 12.1. The van der Waals surface area contributed by atoms with Gasteiger partial charge in [-0.15, -0.1) is 0 Å². The van der Waals surface area contributed by atoms with Crippen molar-refractivity contribution in [2.45, 2.75) is 13.0 Å². The van der Waals surface area contributed by atoms with Crippen LogP contribution in [-0.2, 0) is 0 Å². The maximum atomic E-state index is 8.06. The molecule has 0 radical (unpaired) electrons. The molecule has 0 fully saturated rings. The molecule has 4 nitrogen and oxygen atoms in total. The molecule has 0 amide bonds. The fourth-order valence-corrected chi connectivity index (χ4v) is 0.657. The molecule has 0 saturated carbocycles. The molecule has 1 atom stereocenters. The van der Waals surface area contributed by atoms with Crippen molar-refractivity contribution < 1.29 is 4.42 Å². The highest BCUT2D eigenvalue weighted by molar-refractivity contribution is 5.10. The molecule has 0 bridgehead atoms. The monoisotopic (exact) mass is 137 g/mol. The van der Waals surface area contributed by atoms with Crippen LogP contribution in [0.4, 0.5) is 0 Å². The Balaban J connectivity index is 2.76. The number of hydrogen-bond acceptors (Lipinski definition) is 2. The Morgan fingerprint density at radius 1 is 1.80 bits per heavy atom. The Labute approximate surface area is 58.1 Å². The largest absolute Gasteiger partial charge is 0.472 e. The van der Waals surface area contributed by atoms with Crippen LogP contribution in [0.1, 0.15) is 18.5 Å². The van der Waals surface area contributed by atoms with E-state index in [0.29, 0.717) is 0 Å². The molecule has 0 aliphatic carbocycles. The van der Waals surface area contributed by atoms with Crippen molar-refractivity contribution in [1.82, 2.24) is 0 Å². The van der Waals surface area contributed by atoms with Crippen molar-refractivity contribution in [3.63, 3.8) is 0 Å². The van der Waals surface area contributed by atoms with Gasteiger partial charge in [0.05, 0.1) is 18.6 Å². The second-order valence-corrected chi connectivity index (χ2v) is 1.94. The van der Waals surface area contributed by atoms with Gasteiger partial charge in [0.1, 0.15) is 0 Å². The lowest BCUT2D eigenvalue weighted by Gasteiger charge is -1.95. The summed E-state index contributed by atoms with van der Waals surface area (Å²) in [7, 11) is 0. The quantitative estimate of drug-likeness (QED) is 0.351. The van der Waals surface area contributed by atoms with Gasteiger partial charge >= 0.3 is 0 Å². The number of hydrogen-bond donors (Lipinski definition) is 0. The van der Waals surface area contributed by atoms with Crippen LogP contribution < -0.4 is 0 Å². The molecule has 1 aromatic heterocycles. The fraction of sp³-hybridized carbons (Fsp3) is 0.333. The standard InChI is InChI=1S/C6H7N3O/c1-5(8-9-7)6-2-3-10-4-6/h2-5H,1H3/t5-/m1/s1. The third-order valence-electron chi connectivity index (χ3n) is 1.25. The van der Waals surface area contributed by atoms with Gasteiger partial charge < -0.3 is 4.42 Å². The van der Waals surface area contributed by atoms with Crippen LogP contribution in [0.5, 0.6) is 0 Å². The first-order valence-corrected chi connectivity index (χ1v) is 2.91. The van der Waals surface area contributed by atoms with Crippen molar-refractivity contribution in [3.8, 4) is 0 Å². The first-order valence-electron chi connectivity index (χ1n) is 2.91. The molecular weight excluding hydrogens is 130 g/mol. The molecule has 0 spiro atoms. The molecule has 52 valence electrons. The second-order valence-electron chi connectivity index (χ2n) is 1.94. The molecule has 1 heterocycles. The van der Waals surface area contributed by atoms with E-state index in [1.54, 1.807) is 18.6 Å². The van der Waals surface area contributed by atoms with Crippen LogP contribution >= 0.6 is 0 Å². The molecule has 0 saturated heterocycles. The van der Waals surface area contributed by atoms with Crippen LogP contribution in [0.3, 0.4) is 0 Å². The predicted octanol–water partition coefficient (Wildman–Crippen LogP) is 2.65. The maximum absolute atomic E-state index is 8.06. The minimum absolute atomic E-state index is 0.135. The number of nitrogens with zero attached hydrogens (tertiary/aromatic N) is 3. The summed E-state index contributed by atoms with van der Waals surface area (Å²) in [6, 6.07) is 1.64. The van der Waals surface area contributed by atoms with Gasteiger partial charge in [-0.2, -0.15) is 0 Å². The average molecular weight is 137 g/mol. The van der Waals surface area contributed by atoms with Crippen molar-refractivity contribution in [2.24, 2.45) is 5.11 Å². The third-order valence-corrected chi connectivity index (χ3v) is 1.25. The van der Waals surface area contributed by atoms with Gasteiger partial charge in [-0.25, -0.2) is 0 Å². The minimum atomic E-state index is -0.135. The van der Waals surface area contributed by atoms with Gasteiger partial charge in [0.2, 0.25) is 0 Å². The fourth-order valence-electron chi connectivity index (χ4n) is 0.657. The third kappa shape index (κ3) is 1.30. The number of furan rings is 1. The van der Waals surface area contributed by atoms with Crippen LogP contribution in [0.25, 0.3) is 10.4 Å². The minimum Gasteiger partial charge on any atom is -0.472 e. The van der Waals surface area contributed by atoms with Crippen molar-refractivity contribution in [1.29, 1.82) is 0 Å². The Morgan fingerprint density at radius 3 is 3.10 bits per heavy atom. The topological polar surface area (TPSA) is 61.9 Å². The van der Waals surface area contributed by atoms with E-state index in [1.165, 1.54) is 0 Å². The summed E-state index contributed by atoms with van der Waals surface area (Å²) in [4.78, 5) is 2.67. The van der Waals surface area contributed by atoms with E-state index in [9.17, 15) is 0 Å². The highest BCUT2D eigenvalue weighted by Gasteiger charge is 2.01. The summed E-state index contributed by atoms with van der Waals surface area (Å²) in [6.45, 7) is 1.81. The summed E-state index contributed by atoms with van der Waals surface area (Å²) < 4.78 is 4.80. The van der Waals surface area contributed by atoms with E-state index in [0.717, 1.165) is 5.56 Å². The van der Waals surface area contributed by atoms with Crippen LogP contribution in [-0.4, -0.2) is 0 Å². The molecule has 4 heteroatoms. The molecule has 0 N–H and O–H groups in total. The summed E-state index contributed by atoms with van der Waals surface area (Å²) in [5.41, 5.74) is 8.96. The van der Waals surface area contributed by atoms with Crippen LogP contribution in [0.15, 0.2) is 28.1 Å². The first-order chi connectivity index (χ1) is 4.84. The smallest absolute Gasteiger partial charge is 0.0938 e. The Bertz CT molecular complexity index is 236. The predicted molar refractivity (Wildman–Crippen MR) is 36.3 cm³/mol. The van der Waals surface area contributed by atoms with E-state index in [2.05, 4.69) is 10.0 Å². The first kappa shape index (κ1) is 6.71. The molecule has 1 aromatic rings. The van der Waals surface area contributed by atoms with Gasteiger partial charge in [0.25, 0.3) is 0 Å². The maximum Gasteiger partial charge on any atom is 0.0938 e. The van der Waals surface area contributed by atoms with E-state index in [-0.39, 0.29) is 6.04 Å². The zero-order valence-electron chi connectivity index (χ0n) is 5.56. The lowest BCUT2D eigenvalue weighted by Crippen LogP contribution is -1.81. The van der Waals surface area contributed by atoms with Crippen LogP contribution in [0, 0.1) is 0 Å². The Morgan fingerprint density at radius 2 is 2.60 bits per heavy atom. The summed E-state index contributed by atoms with van der Waals surface area (Å²) >= 11 is 0. The number of azide groups is 1. The van der Waals surface area contributed by atoms with E-state index in [4.69, 9.17) is 9.95 Å². The molecular formula is C6H7N3O. The van der Waals surface area contributed by atoms with Crippen molar-refractivity contribution >= 4 is 0 Å². The van der Waals surface area contributed by atoms with E-state index in [1.807, 2.05) is 6.92 Å².